The molecule has 1 aromatic carbocycles. The van der Waals surface area contributed by atoms with E-state index < -0.39 is 26.1 Å². The van der Waals surface area contributed by atoms with Crippen molar-refractivity contribution in [2.45, 2.75) is 23.5 Å². The van der Waals surface area contributed by atoms with Crippen molar-refractivity contribution in [3.63, 3.8) is 0 Å². The first-order valence-electron chi connectivity index (χ1n) is 5.16. The fraction of sp³-hybridized carbons (Fsp3) is 0.300. The van der Waals surface area contributed by atoms with Gasteiger partial charge in [-0.25, -0.2) is 0 Å². The third-order valence-electron chi connectivity index (χ3n) is 2.48. The molecule has 0 heterocycles. The maximum Gasteiger partial charge on any atom is 0.275 e. The van der Waals surface area contributed by atoms with Gasteiger partial charge in [0.2, 0.25) is 0 Å². The number of nitro groups is 1. The average molecular weight is 305 g/mol. The quantitative estimate of drug-likeness (QED) is 0.281. The molecule has 0 aromatic heterocycles. The fourth-order valence-electron chi connectivity index (χ4n) is 1.54. The smallest absolute Gasteiger partial charge is 0.275 e. The number of hydrogen-bond acceptors (Lipinski definition) is 6. The van der Waals surface area contributed by atoms with E-state index in [9.17, 15) is 23.3 Å². The van der Waals surface area contributed by atoms with Crippen molar-refractivity contribution in [1.82, 2.24) is 0 Å². The van der Waals surface area contributed by atoms with Gasteiger partial charge in [-0.2, -0.15) is 8.42 Å². The molecule has 0 amide bonds. The molecule has 0 fully saturated rings. The van der Waals surface area contributed by atoms with E-state index in [1.165, 1.54) is 13.0 Å². The molecule has 19 heavy (non-hydrogen) atoms. The minimum Gasteiger partial charge on any atom is -0.293 e. The van der Waals surface area contributed by atoms with E-state index in [1.54, 1.807) is 0 Å². The number of hydrogen-bond donors (Lipinski definition) is 2. The predicted octanol–water partition coefficient (Wildman–Crippen LogP) is 1.73. The Kier molecular flexibility index (Phi) is 4.66. The van der Waals surface area contributed by atoms with E-state index >= 15 is 0 Å². The number of carbonyl (C=O) groups is 1. The molecule has 9 heteroatoms. The highest BCUT2D eigenvalue weighted by Crippen LogP contribution is 2.24. The molecule has 1 aromatic rings. The lowest BCUT2D eigenvalue weighted by atomic mass is 10.1. The van der Waals surface area contributed by atoms with Crippen molar-refractivity contribution >= 4 is 34.2 Å². The Bertz CT molecular complexity index is 625. The number of Topliss-reactive ketones (excluding diaryl/α,β-unsaturated/α-hetero) is 1. The summed E-state index contributed by atoms with van der Waals surface area (Å²) < 4.78 is 31.1. The summed E-state index contributed by atoms with van der Waals surface area (Å²) in [6.45, 7) is 1.41. The number of carbonyl (C=O) groups excluding carboxylic acids is 1. The van der Waals surface area contributed by atoms with Crippen molar-refractivity contribution in [3.8, 4) is 0 Å². The Morgan fingerprint density at radius 1 is 1.53 bits per heavy atom. The van der Waals surface area contributed by atoms with E-state index in [4.69, 9.17) is 4.55 Å². The lowest BCUT2D eigenvalue weighted by Gasteiger charge is -2.11. The van der Waals surface area contributed by atoms with Crippen LogP contribution in [0.15, 0.2) is 23.1 Å². The number of nitrogens with zero attached hydrogens (tertiary/aromatic N) is 1. The lowest BCUT2D eigenvalue weighted by molar-refractivity contribution is -0.384. The van der Waals surface area contributed by atoms with Crippen LogP contribution in [0.4, 0.5) is 5.69 Å². The highest BCUT2D eigenvalue weighted by Gasteiger charge is 2.31. The van der Waals surface area contributed by atoms with Crippen molar-refractivity contribution in [1.29, 1.82) is 0 Å². The number of ketones is 1. The summed E-state index contributed by atoms with van der Waals surface area (Å²) in [5, 5.41) is 8.97. The Balaban J connectivity index is 3.33. The SMILES string of the molecule is CCC(C(=O)c1cc([N+](=O)[O-])ccc1S)S(=O)(=O)O. The second-order valence-electron chi connectivity index (χ2n) is 3.73. The first-order valence-corrected chi connectivity index (χ1v) is 7.11. The number of non-ortho nitro benzene ring substituents is 1. The van der Waals surface area contributed by atoms with Crippen LogP contribution in [0.1, 0.15) is 23.7 Å². The molecule has 0 aliphatic heterocycles. The number of benzene rings is 1. The third kappa shape index (κ3) is 3.52. The van der Waals surface area contributed by atoms with Crippen LogP contribution in [0.3, 0.4) is 0 Å². The molecule has 0 aliphatic carbocycles. The highest BCUT2D eigenvalue weighted by molar-refractivity contribution is 7.87. The first kappa shape index (κ1) is 15.6. The van der Waals surface area contributed by atoms with Crippen LogP contribution in [-0.2, 0) is 10.1 Å². The molecule has 1 rings (SSSR count). The number of thiol groups is 1. The fourth-order valence-corrected chi connectivity index (χ4v) is 2.61. The molecule has 104 valence electrons. The monoisotopic (exact) mass is 305 g/mol. The molecular weight excluding hydrogens is 294 g/mol. The summed E-state index contributed by atoms with van der Waals surface area (Å²) in [6, 6.07) is 3.32. The van der Waals surface area contributed by atoms with Gasteiger partial charge in [-0.05, 0) is 12.5 Å². The molecule has 0 saturated heterocycles. The molecule has 0 aliphatic rings. The molecule has 0 radical (unpaired) electrons. The van der Waals surface area contributed by atoms with E-state index in [-0.39, 0.29) is 22.6 Å². The zero-order valence-electron chi connectivity index (χ0n) is 9.81. The van der Waals surface area contributed by atoms with E-state index in [1.807, 2.05) is 0 Å². The summed E-state index contributed by atoms with van der Waals surface area (Å²) in [4.78, 5) is 22.0. The van der Waals surface area contributed by atoms with Crippen molar-refractivity contribution in [2.24, 2.45) is 0 Å². The number of nitro benzene ring substituents is 1. The molecule has 0 spiro atoms. The Hall–Kier alpha value is -1.45. The maximum absolute atomic E-state index is 12.0. The van der Waals surface area contributed by atoms with Crippen molar-refractivity contribution in [2.75, 3.05) is 0 Å². The molecular formula is C10H11NO6S2. The van der Waals surface area contributed by atoms with Crippen LogP contribution < -0.4 is 0 Å². The van der Waals surface area contributed by atoms with E-state index in [0.717, 1.165) is 12.1 Å². The zero-order chi connectivity index (χ0) is 14.8. The summed E-state index contributed by atoms with van der Waals surface area (Å²) in [7, 11) is -4.57. The molecule has 7 nitrogen and oxygen atoms in total. The third-order valence-corrected chi connectivity index (χ3v) is 4.14. The highest BCUT2D eigenvalue weighted by atomic mass is 32.2. The second-order valence-corrected chi connectivity index (χ2v) is 5.82. The lowest BCUT2D eigenvalue weighted by Crippen LogP contribution is -2.29. The van der Waals surface area contributed by atoms with Crippen molar-refractivity contribution < 1.29 is 22.7 Å². The zero-order valence-corrected chi connectivity index (χ0v) is 11.5. The minimum atomic E-state index is -4.57. The predicted molar refractivity (Wildman–Crippen MR) is 70.3 cm³/mol. The van der Waals surface area contributed by atoms with Gasteiger partial charge < -0.3 is 0 Å². The van der Waals surface area contributed by atoms with Crippen LogP contribution in [0.2, 0.25) is 0 Å². The van der Waals surface area contributed by atoms with Gasteiger partial charge in [0.25, 0.3) is 15.8 Å². The van der Waals surface area contributed by atoms with Gasteiger partial charge >= 0.3 is 0 Å². The summed E-state index contributed by atoms with van der Waals surface area (Å²) in [5.74, 6) is -0.918. The van der Waals surface area contributed by atoms with Gasteiger partial charge in [0.15, 0.2) is 5.78 Å². The van der Waals surface area contributed by atoms with Crippen LogP contribution in [0.5, 0.6) is 0 Å². The number of rotatable bonds is 5. The Morgan fingerprint density at radius 3 is 2.53 bits per heavy atom. The Morgan fingerprint density at radius 2 is 2.11 bits per heavy atom. The van der Waals surface area contributed by atoms with Gasteiger partial charge in [-0.3, -0.25) is 19.5 Å². The van der Waals surface area contributed by atoms with Gasteiger partial charge in [-0.1, -0.05) is 6.92 Å². The van der Waals surface area contributed by atoms with Crippen LogP contribution in [0, 0.1) is 10.1 Å². The minimum absolute atomic E-state index is 0.109. The van der Waals surface area contributed by atoms with Crippen LogP contribution in [0.25, 0.3) is 0 Å². The molecule has 0 bridgehead atoms. The van der Waals surface area contributed by atoms with Crippen molar-refractivity contribution in [3.05, 3.63) is 33.9 Å². The van der Waals surface area contributed by atoms with E-state index in [2.05, 4.69) is 12.6 Å². The standard InChI is InChI=1S/C10H11NO6S2/c1-2-9(19(15,16)17)10(12)7-5-6(11(13)14)3-4-8(7)18/h3-5,9,18H,2H2,1H3,(H,15,16,17). The summed E-state index contributed by atoms with van der Waals surface area (Å²) in [5.41, 5.74) is -0.562. The molecule has 1 unspecified atom stereocenters. The summed E-state index contributed by atoms with van der Waals surface area (Å²) >= 11 is 3.96. The second kappa shape index (κ2) is 5.68. The summed E-state index contributed by atoms with van der Waals surface area (Å²) in [6.07, 6.45) is -0.145. The largest absolute Gasteiger partial charge is 0.293 e. The van der Waals surface area contributed by atoms with E-state index in [0.29, 0.717) is 0 Å². The maximum atomic E-state index is 12.0. The normalized spacial score (nSPS) is 13.0. The Labute approximate surface area is 114 Å². The van der Waals surface area contributed by atoms with Gasteiger partial charge in [0.05, 0.1) is 4.92 Å². The molecule has 0 saturated carbocycles. The topological polar surface area (TPSA) is 115 Å². The van der Waals surface area contributed by atoms with Gasteiger partial charge in [-0.15, -0.1) is 12.6 Å². The van der Waals surface area contributed by atoms with Gasteiger partial charge in [0.1, 0.15) is 5.25 Å². The molecule has 1 atom stereocenters. The first-order chi connectivity index (χ1) is 8.68. The average Bonchev–Trinajstić information content (AvgIpc) is 2.27. The van der Waals surface area contributed by atoms with Crippen LogP contribution >= 0.6 is 12.6 Å². The molecule has 1 N–H and O–H groups in total. The van der Waals surface area contributed by atoms with Gasteiger partial charge in [0, 0.05) is 22.6 Å². The van der Waals surface area contributed by atoms with Crippen LogP contribution in [-0.4, -0.2) is 28.9 Å².